The molecule has 3 aromatic rings. The number of carbonyl (C=O) groups is 2. The number of carbonyl (C=O) groups excluding carboxylic acids is 2. The minimum Gasteiger partial charge on any atom is -0.325 e. The summed E-state index contributed by atoms with van der Waals surface area (Å²) in [5.74, 6) is -0.147. The Labute approximate surface area is 176 Å². The summed E-state index contributed by atoms with van der Waals surface area (Å²) in [5.41, 5.74) is 2.74. The zero-order chi connectivity index (χ0) is 20.2. The van der Waals surface area contributed by atoms with Crippen LogP contribution in [0.5, 0.6) is 0 Å². The number of nitrogens with zero attached hydrogens (tertiary/aromatic N) is 3. The molecule has 0 spiro atoms. The maximum absolute atomic E-state index is 13.0. The Morgan fingerprint density at radius 1 is 1.03 bits per heavy atom. The summed E-state index contributed by atoms with van der Waals surface area (Å²) in [5, 5.41) is 2.81. The van der Waals surface area contributed by atoms with Gasteiger partial charge in [-0.05, 0) is 42.0 Å². The second-order valence-corrected chi connectivity index (χ2v) is 7.40. The van der Waals surface area contributed by atoms with Crippen LogP contribution in [0, 0.1) is 0 Å². The Morgan fingerprint density at radius 2 is 1.79 bits per heavy atom. The molecule has 0 radical (unpaired) electrons. The van der Waals surface area contributed by atoms with Crippen molar-refractivity contribution in [3.63, 3.8) is 0 Å². The molecule has 1 aliphatic heterocycles. The first-order chi connectivity index (χ1) is 14.1. The fourth-order valence-electron chi connectivity index (χ4n) is 3.06. The van der Waals surface area contributed by atoms with Crippen molar-refractivity contribution in [1.82, 2.24) is 4.98 Å². The Bertz CT molecular complexity index is 1080. The van der Waals surface area contributed by atoms with Crippen LogP contribution >= 0.6 is 15.9 Å². The Morgan fingerprint density at radius 3 is 2.55 bits per heavy atom. The molecule has 0 fully saturated rings. The van der Waals surface area contributed by atoms with Gasteiger partial charge in [-0.2, -0.15) is 0 Å². The van der Waals surface area contributed by atoms with Gasteiger partial charge < -0.3 is 5.32 Å². The molecule has 6 nitrogen and oxygen atoms in total. The monoisotopic (exact) mass is 448 g/mol. The number of amides is 2. The lowest BCUT2D eigenvalue weighted by Crippen LogP contribution is -2.38. The van der Waals surface area contributed by atoms with E-state index in [1.54, 1.807) is 30.5 Å². The van der Waals surface area contributed by atoms with E-state index < -0.39 is 0 Å². The van der Waals surface area contributed by atoms with E-state index in [2.05, 4.69) is 31.2 Å². The van der Waals surface area contributed by atoms with Gasteiger partial charge in [-0.25, -0.2) is 9.98 Å². The first kappa shape index (κ1) is 19.0. The van der Waals surface area contributed by atoms with Gasteiger partial charge in [-0.3, -0.25) is 14.5 Å². The average molecular weight is 449 g/mol. The number of hydrogen-bond donors (Lipinski definition) is 1. The first-order valence-corrected chi connectivity index (χ1v) is 9.83. The summed E-state index contributed by atoms with van der Waals surface area (Å²) in [6, 6.07) is 20.4. The third-order valence-electron chi connectivity index (χ3n) is 4.43. The third kappa shape index (κ3) is 4.41. The molecular weight excluding hydrogens is 432 g/mol. The van der Waals surface area contributed by atoms with E-state index in [0.717, 1.165) is 10.0 Å². The van der Waals surface area contributed by atoms with Gasteiger partial charge in [0, 0.05) is 16.4 Å². The maximum atomic E-state index is 13.0. The van der Waals surface area contributed by atoms with Gasteiger partial charge in [-0.1, -0.05) is 46.3 Å². The van der Waals surface area contributed by atoms with Crippen molar-refractivity contribution in [2.24, 2.45) is 4.99 Å². The molecule has 1 N–H and O–H groups in total. The van der Waals surface area contributed by atoms with E-state index in [0.29, 0.717) is 22.9 Å². The summed E-state index contributed by atoms with van der Waals surface area (Å²) >= 11 is 3.36. The molecule has 29 heavy (non-hydrogen) atoms. The molecule has 0 bridgehead atoms. The number of aliphatic imine (C=N–C) groups is 1. The predicted molar refractivity (Wildman–Crippen MR) is 117 cm³/mol. The lowest BCUT2D eigenvalue weighted by atomic mass is 10.1. The van der Waals surface area contributed by atoms with Crippen LogP contribution in [0.4, 0.5) is 17.2 Å². The van der Waals surface area contributed by atoms with E-state index >= 15 is 0 Å². The zero-order valence-corrected chi connectivity index (χ0v) is 17.0. The second-order valence-electron chi connectivity index (χ2n) is 6.48. The molecule has 0 unspecified atom stereocenters. The topological polar surface area (TPSA) is 74.7 Å². The molecular formula is C22H17BrN4O2. The van der Waals surface area contributed by atoms with Crippen LogP contribution < -0.4 is 10.2 Å². The number of nitrogens with one attached hydrogen (secondary N) is 1. The molecule has 2 aromatic carbocycles. The molecule has 0 saturated carbocycles. The van der Waals surface area contributed by atoms with E-state index in [9.17, 15) is 9.59 Å². The first-order valence-electron chi connectivity index (χ1n) is 9.04. The van der Waals surface area contributed by atoms with E-state index in [1.165, 1.54) is 4.90 Å². The smallest absolute Gasteiger partial charge is 0.244 e. The standard InChI is InChI=1S/C22H17BrN4O2/c23-16-8-10-17(11-9-16)25-20(28)14-27-21(29)13-19(15-5-2-1-3-6-15)26-18-7-4-12-24-22(18)27/h1-12H,13-14H2,(H,25,28). The Balaban J connectivity index is 1.60. The molecule has 1 aliphatic rings. The van der Waals surface area contributed by atoms with Crippen LogP contribution in [0.15, 0.2) is 82.4 Å². The highest BCUT2D eigenvalue weighted by Crippen LogP contribution is 2.30. The molecule has 0 saturated heterocycles. The highest BCUT2D eigenvalue weighted by molar-refractivity contribution is 9.10. The van der Waals surface area contributed by atoms with Gasteiger partial charge in [0.1, 0.15) is 12.2 Å². The lowest BCUT2D eigenvalue weighted by Gasteiger charge is -2.20. The number of aromatic nitrogens is 1. The predicted octanol–water partition coefficient (Wildman–Crippen LogP) is 4.34. The SMILES string of the molecule is O=C(CN1C(=O)CC(c2ccccc2)=Nc2cccnc21)Nc1ccc(Br)cc1. The number of rotatable bonds is 4. The molecule has 0 aliphatic carbocycles. The number of fused-ring (bicyclic) bond motifs is 1. The van der Waals surface area contributed by atoms with Crippen molar-refractivity contribution in [3.05, 3.63) is 83.0 Å². The van der Waals surface area contributed by atoms with Crippen LogP contribution in [0.3, 0.4) is 0 Å². The van der Waals surface area contributed by atoms with Crippen LogP contribution in [-0.4, -0.2) is 29.1 Å². The number of halogens is 1. The molecule has 4 rings (SSSR count). The largest absolute Gasteiger partial charge is 0.325 e. The summed E-state index contributed by atoms with van der Waals surface area (Å²) in [7, 11) is 0. The van der Waals surface area contributed by atoms with Crippen LogP contribution in [0.25, 0.3) is 0 Å². The molecule has 7 heteroatoms. The minimum atomic E-state index is -0.305. The zero-order valence-electron chi connectivity index (χ0n) is 15.4. The van der Waals surface area contributed by atoms with E-state index in [1.807, 2.05) is 42.5 Å². The summed E-state index contributed by atoms with van der Waals surface area (Å²) in [6.45, 7) is -0.142. The highest BCUT2D eigenvalue weighted by Gasteiger charge is 2.27. The number of hydrogen-bond acceptors (Lipinski definition) is 4. The quantitative estimate of drug-likeness (QED) is 0.644. The van der Waals surface area contributed by atoms with Gasteiger partial charge >= 0.3 is 0 Å². The van der Waals surface area contributed by atoms with Gasteiger partial charge in [0.2, 0.25) is 11.8 Å². The summed E-state index contributed by atoms with van der Waals surface area (Å²) in [6.07, 6.45) is 1.68. The molecule has 144 valence electrons. The number of anilines is 2. The average Bonchev–Trinajstić information content (AvgIpc) is 2.87. The van der Waals surface area contributed by atoms with Crippen molar-refractivity contribution in [1.29, 1.82) is 0 Å². The summed E-state index contributed by atoms with van der Waals surface area (Å²) < 4.78 is 0.918. The molecule has 2 amide bonds. The molecule has 0 atom stereocenters. The third-order valence-corrected chi connectivity index (χ3v) is 4.96. The van der Waals surface area contributed by atoms with Crippen molar-refractivity contribution in [2.75, 3.05) is 16.8 Å². The second kappa shape index (κ2) is 8.36. The van der Waals surface area contributed by atoms with Gasteiger partial charge in [0.15, 0.2) is 5.82 Å². The minimum absolute atomic E-state index is 0.0892. The van der Waals surface area contributed by atoms with Gasteiger partial charge in [-0.15, -0.1) is 0 Å². The van der Waals surface area contributed by atoms with Crippen LogP contribution in [0.2, 0.25) is 0 Å². The normalized spacial score (nSPS) is 13.3. The fraction of sp³-hybridized carbons (Fsp3) is 0.0909. The van der Waals surface area contributed by atoms with Crippen LogP contribution in [0.1, 0.15) is 12.0 Å². The van der Waals surface area contributed by atoms with Gasteiger partial charge in [0.05, 0.1) is 12.1 Å². The van der Waals surface area contributed by atoms with E-state index in [-0.39, 0.29) is 24.8 Å². The molecule has 1 aromatic heterocycles. The van der Waals surface area contributed by atoms with Crippen molar-refractivity contribution >= 4 is 50.6 Å². The Kier molecular flexibility index (Phi) is 5.48. The molecule has 2 heterocycles. The number of pyridine rings is 1. The van der Waals surface area contributed by atoms with Crippen LogP contribution in [-0.2, 0) is 9.59 Å². The van der Waals surface area contributed by atoms with E-state index in [4.69, 9.17) is 0 Å². The van der Waals surface area contributed by atoms with Crippen molar-refractivity contribution < 1.29 is 9.59 Å². The maximum Gasteiger partial charge on any atom is 0.244 e. The number of benzene rings is 2. The summed E-state index contributed by atoms with van der Waals surface area (Å²) in [4.78, 5) is 36.0. The Hall–Kier alpha value is -3.32. The van der Waals surface area contributed by atoms with Gasteiger partial charge in [0.25, 0.3) is 0 Å². The van der Waals surface area contributed by atoms with Crippen molar-refractivity contribution in [2.45, 2.75) is 6.42 Å². The highest BCUT2D eigenvalue weighted by atomic mass is 79.9. The van der Waals surface area contributed by atoms with Crippen molar-refractivity contribution in [3.8, 4) is 0 Å². The lowest BCUT2D eigenvalue weighted by molar-refractivity contribution is -0.120. The fourth-order valence-corrected chi connectivity index (χ4v) is 3.33.